The molecule has 0 saturated heterocycles. The van der Waals surface area contributed by atoms with Gasteiger partial charge in [0.05, 0.1) is 16.8 Å². The first-order valence-corrected chi connectivity index (χ1v) is 19.2. The molecule has 1 aliphatic heterocycles. The molecule has 4 nitrogen and oxygen atoms in total. The van der Waals surface area contributed by atoms with E-state index in [9.17, 15) is 0 Å². The molecular weight excluding hydrogens is 697 g/mol. The molecule has 4 heteroatoms. The summed E-state index contributed by atoms with van der Waals surface area (Å²) in [5, 5.41) is 2.17. The minimum Gasteiger partial charge on any atom is -0.457 e. The number of furan rings is 1. The van der Waals surface area contributed by atoms with Crippen molar-refractivity contribution in [1.82, 2.24) is 9.97 Å². The highest BCUT2D eigenvalue weighted by molar-refractivity contribution is 6.05. The summed E-state index contributed by atoms with van der Waals surface area (Å²) in [5.41, 5.74) is 12.5. The van der Waals surface area contributed by atoms with Gasteiger partial charge in [-0.1, -0.05) is 170 Å². The fraction of sp³-hybridized carbons (Fsp3) is 0.0189. The van der Waals surface area contributed by atoms with Crippen LogP contribution in [0.3, 0.4) is 0 Å². The predicted octanol–water partition coefficient (Wildman–Crippen LogP) is 13.5. The van der Waals surface area contributed by atoms with Crippen molar-refractivity contribution in [2.75, 3.05) is 0 Å². The summed E-state index contributed by atoms with van der Waals surface area (Å²) in [6, 6.07) is 72.0. The predicted molar refractivity (Wildman–Crippen MR) is 229 cm³/mol. The number of ether oxygens (including phenoxy) is 1. The van der Waals surface area contributed by atoms with Gasteiger partial charge in [0.1, 0.15) is 22.7 Å². The second kappa shape index (κ2) is 13.3. The maximum atomic E-state index is 6.53. The Hall–Kier alpha value is -7.56. The van der Waals surface area contributed by atoms with E-state index < -0.39 is 5.41 Å². The van der Waals surface area contributed by atoms with Crippen LogP contribution in [0.4, 0.5) is 0 Å². The molecule has 0 amide bonds. The van der Waals surface area contributed by atoms with Crippen molar-refractivity contribution in [3.05, 3.63) is 229 Å². The number of hydrogen-bond acceptors (Lipinski definition) is 4. The molecule has 11 rings (SSSR count). The summed E-state index contributed by atoms with van der Waals surface area (Å²) in [6.07, 6.45) is 0. The Kier molecular flexibility index (Phi) is 7.68. The smallest absolute Gasteiger partial charge is 0.160 e. The van der Waals surface area contributed by atoms with Gasteiger partial charge in [0, 0.05) is 38.6 Å². The molecule has 8 aromatic carbocycles. The van der Waals surface area contributed by atoms with Gasteiger partial charge in [-0.15, -0.1) is 0 Å². The van der Waals surface area contributed by atoms with Crippen molar-refractivity contribution < 1.29 is 9.15 Å². The van der Waals surface area contributed by atoms with Crippen molar-refractivity contribution >= 4 is 21.9 Å². The zero-order valence-corrected chi connectivity index (χ0v) is 30.8. The van der Waals surface area contributed by atoms with E-state index in [1.54, 1.807) is 0 Å². The minimum absolute atomic E-state index is 0.585. The van der Waals surface area contributed by atoms with Crippen molar-refractivity contribution in [3.63, 3.8) is 0 Å². The monoisotopic (exact) mass is 730 g/mol. The number of nitrogens with zero attached hydrogens (tertiary/aromatic N) is 2. The Balaban J connectivity index is 1.06. The van der Waals surface area contributed by atoms with Crippen LogP contribution < -0.4 is 4.74 Å². The van der Waals surface area contributed by atoms with Crippen LogP contribution in [0.1, 0.15) is 22.3 Å². The van der Waals surface area contributed by atoms with E-state index in [0.29, 0.717) is 5.82 Å². The van der Waals surface area contributed by atoms with E-state index in [-0.39, 0.29) is 0 Å². The second-order valence-corrected chi connectivity index (χ2v) is 14.5. The average Bonchev–Trinajstić information content (AvgIpc) is 3.67. The minimum atomic E-state index is -0.585. The van der Waals surface area contributed by atoms with Crippen LogP contribution in [-0.2, 0) is 5.41 Å². The molecule has 3 heterocycles. The first-order chi connectivity index (χ1) is 28.2. The molecule has 10 aromatic rings. The molecule has 57 heavy (non-hydrogen) atoms. The fourth-order valence-electron chi connectivity index (χ4n) is 8.67. The highest BCUT2D eigenvalue weighted by Gasteiger charge is 2.45. The van der Waals surface area contributed by atoms with Crippen molar-refractivity contribution in [3.8, 4) is 56.5 Å². The molecule has 0 fully saturated rings. The van der Waals surface area contributed by atoms with Crippen LogP contribution in [0.25, 0.3) is 67.0 Å². The Labute approximate surface area is 330 Å². The van der Waals surface area contributed by atoms with Crippen molar-refractivity contribution in [1.29, 1.82) is 0 Å². The summed E-state index contributed by atoms with van der Waals surface area (Å²) in [5.74, 6) is 2.37. The van der Waals surface area contributed by atoms with Crippen LogP contribution in [0.5, 0.6) is 11.5 Å². The molecule has 268 valence electrons. The third kappa shape index (κ3) is 5.37. The summed E-state index contributed by atoms with van der Waals surface area (Å²) >= 11 is 0. The molecular formula is C53H34N2O2. The zero-order chi connectivity index (χ0) is 37.8. The van der Waals surface area contributed by atoms with E-state index in [0.717, 1.165) is 89.3 Å². The Bertz CT molecular complexity index is 3050. The van der Waals surface area contributed by atoms with Gasteiger partial charge in [-0.05, 0) is 58.7 Å². The van der Waals surface area contributed by atoms with Gasteiger partial charge in [-0.2, -0.15) is 0 Å². The number of aromatic nitrogens is 2. The fourth-order valence-corrected chi connectivity index (χ4v) is 8.67. The van der Waals surface area contributed by atoms with Crippen LogP contribution in [0.2, 0.25) is 0 Å². The van der Waals surface area contributed by atoms with Gasteiger partial charge < -0.3 is 9.15 Å². The lowest BCUT2D eigenvalue weighted by Gasteiger charge is -2.41. The van der Waals surface area contributed by atoms with Gasteiger partial charge in [0.25, 0.3) is 0 Å². The van der Waals surface area contributed by atoms with Gasteiger partial charge in [-0.3, -0.25) is 0 Å². The SMILES string of the molecule is c1ccc(-c2cc(-c3ccccc3-c3ccc(C4(c5ccccc5)c5ccccc5Oc5ccccc54)cc3)nc(-c3ccc4c(c3)oc3ccccc34)n2)cc1. The van der Waals surface area contributed by atoms with Crippen molar-refractivity contribution in [2.45, 2.75) is 5.41 Å². The van der Waals surface area contributed by atoms with Gasteiger partial charge in [-0.25, -0.2) is 9.97 Å². The number of benzene rings is 8. The van der Waals surface area contributed by atoms with E-state index in [4.69, 9.17) is 19.1 Å². The van der Waals surface area contributed by atoms with Crippen LogP contribution in [0, 0.1) is 0 Å². The molecule has 0 radical (unpaired) electrons. The maximum absolute atomic E-state index is 6.53. The normalized spacial score (nSPS) is 12.8. The number of para-hydroxylation sites is 3. The van der Waals surface area contributed by atoms with Gasteiger partial charge in [0.2, 0.25) is 0 Å². The zero-order valence-electron chi connectivity index (χ0n) is 30.8. The molecule has 1 aliphatic rings. The third-order valence-electron chi connectivity index (χ3n) is 11.3. The lowest BCUT2D eigenvalue weighted by atomic mass is 9.63. The highest BCUT2D eigenvalue weighted by atomic mass is 16.5. The van der Waals surface area contributed by atoms with Gasteiger partial charge in [0.15, 0.2) is 5.82 Å². The first kappa shape index (κ1) is 32.8. The van der Waals surface area contributed by atoms with Crippen LogP contribution in [-0.4, -0.2) is 9.97 Å². The molecule has 0 spiro atoms. The Morgan fingerprint density at radius 1 is 0.368 bits per heavy atom. The average molecular weight is 731 g/mol. The Morgan fingerprint density at radius 2 is 0.930 bits per heavy atom. The summed E-state index contributed by atoms with van der Waals surface area (Å²) in [7, 11) is 0. The van der Waals surface area contributed by atoms with E-state index in [2.05, 4.69) is 158 Å². The quantitative estimate of drug-likeness (QED) is 0.171. The van der Waals surface area contributed by atoms with E-state index in [1.807, 2.05) is 48.5 Å². The molecule has 0 bridgehead atoms. The molecule has 0 atom stereocenters. The molecule has 2 aromatic heterocycles. The molecule has 0 saturated carbocycles. The van der Waals surface area contributed by atoms with Crippen molar-refractivity contribution in [2.24, 2.45) is 0 Å². The molecule has 0 N–H and O–H groups in total. The molecule has 0 aliphatic carbocycles. The summed E-state index contributed by atoms with van der Waals surface area (Å²) in [6.45, 7) is 0. The Morgan fingerprint density at radius 3 is 1.68 bits per heavy atom. The number of hydrogen-bond donors (Lipinski definition) is 0. The van der Waals surface area contributed by atoms with E-state index in [1.165, 1.54) is 5.56 Å². The third-order valence-corrected chi connectivity index (χ3v) is 11.3. The largest absolute Gasteiger partial charge is 0.457 e. The highest BCUT2D eigenvalue weighted by Crippen LogP contribution is 2.55. The van der Waals surface area contributed by atoms with Crippen LogP contribution in [0.15, 0.2) is 211 Å². The maximum Gasteiger partial charge on any atom is 0.160 e. The second-order valence-electron chi connectivity index (χ2n) is 14.5. The standard InChI is InChI=1S/C53H34N2O2/c1-3-15-36(16-4-1)46-34-47(55-52(54-46)37-29-32-43-42-21-9-12-24-48(42)56-51(43)33-37)41-20-8-7-19-40(41)35-27-30-39(31-28-35)53(38-17-5-2-6-18-38)44-22-10-13-25-49(44)57-50-26-14-11-23-45(50)53/h1-34H. The van der Waals surface area contributed by atoms with E-state index >= 15 is 0 Å². The molecule has 0 unspecified atom stereocenters. The number of fused-ring (bicyclic) bond motifs is 5. The topological polar surface area (TPSA) is 48.2 Å². The summed E-state index contributed by atoms with van der Waals surface area (Å²) < 4.78 is 12.8. The number of rotatable bonds is 6. The lowest BCUT2D eigenvalue weighted by molar-refractivity contribution is 0.434. The van der Waals surface area contributed by atoms with Crippen LogP contribution >= 0.6 is 0 Å². The first-order valence-electron chi connectivity index (χ1n) is 19.2. The van der Waals surface area contributed by atoms with Gasteiger partial charge >= 0.3 is 0 Å². The summed E-state index contributed by atoms with van der Waals surface area (Å²) in [4.78, 5) is 10.4. The lowest BCUT2D eigenvalue weighted by Crippen LogP contribution is -2.34.